The summed E-state index contributed by atoms with van der Waals surface area (Å²) >= 11 is 0. The highest BCUT2D eigenvalue weighted by Crippen LogP contribution is 2.53. The molecule has 1 heterocycles. The van der Waals surface area contributed by atoms with Gasteiger partial charge >= 0.3 is 0 Å². The molecule has 2 amide bonds. The molecule has 8 rings (SSSR count). The summed E-state index contributed by atoms with van der Waals surface area (Å²) in [6, 6.07) is 49.8. The maximum absolute atomic E-state index is 11.7. The maximum Gasteiger partial charge on any atom is 0.253 e. The van der Waals surface area contributed by atoms with Crippen molar-refractivity contribution in [1.29, 1.82) is 0 Å². The van der Waals surface area contributed by atoms with Gasteiger partial charge in [0.1, 0.15) is 5.75 Å². The quantitative estimate of drug-likeness (QED) is 0.0536. The third-order valence-corrected chi connectivity index (χ3v) is 13.5. The number of ether oxygens (including phenoxy) is 1. The molecule has 322 valence electrons. The summed E-state index contributed by atoms with van der Waals surface area (Å²) in [4.78, 5) is 24.7. The Hall–Kier alpha value is -6.00. The fourth-order valence-electron chi connectivity index (χ4n) is 9.62. The second kappa shape index (κ2) is 20.5. The molecule has 1 aliphatic heterocycles. The number of hydrogen-bond acceptors (Lipinski definition) is 3. The molecular weight excluding hydrogens is 771 g/mol. The van der Waals surface area contributed by atoms with Gasteiger partial charge in [0, 0.05) is 24.1 Å². The summed E-state index contributed by atoms with van der Waals surface area (Å²) in [6.07, 6.45) is 17.8. The number of aryl methyl sites for hydroxylation is 1. The summed E-state index contributed by atoms with van der Waals surface area (Å²) in [5.41, 5.74) is 16.8. The van der Waals surface area contributed by atoms with E-state index in [1.807, 2.05) is 0 Å². The molecule has 0 radical (unpaired) electrons. The Kier molecular flexibility index (Phi) is 14.2. The van der Waals surface area contributed by atoms with Gasteiger partial charge in [0.2, 0.25) is 0 Å². The number of nitrogens with zero attached hydrogens (tertiary/aromatic N) is 1. The third kappa shape index (κ3) is 10.3. The zero-order valence-electron chi connectivity index (χ0n) is 37.6. The molecule has 4 nitrogen and oxygen atoms in total. The SMILES string of the molecule is CCCCCCCCC1(C)c2cc(-c3ccc(-c4ccc(C)cc4)cc3)ccc2-c2ccc(-c3ccc(-c4ccc(OCCCCCCCCN5C(=O)C=CC5=O)cc4)cc3)cc21. The lowest BCUT2D eigenvalue weighted by Crippen LogP contribution is -2.30. The molecule has 1 aliphatic carbocycles. The second-order valence-electron chi connectivity index (χ2n) is 18.0. The summed E-state index contributed by atoms with van der Waals surface area (Å²) in [7, 11) is 0. The highest BCUT2D eigenvalue weighted by Gasteiger charge is 2.39. The molecule has 1 atom stereocenters. The third-order valence-electron chi connectivity index (χ3n) is 13.5. The fourth-order valence-corrected chi connectivity index (χ4v) is 9.62. The summed E-state index contributed by atoms with van der Waals surface area (Å²) in [5, 5.41) is 0. The van der Waals surface area contributed by atoms with Crippen LogP contribution in [0.25, 0.3) is 55.6 Å². The van der Waals surface area contributed by atoms with E-state index in [-0.39, 0.29) is 17.2 Å². The van der Waals surface area contributed by atoms with E-state index in [2.05, 4.69) is 154 Å². The Morgan fingerprint density at radius 3 is 1.37 bits per heavy atom. The zero-order chi connectivity index (χ0) is 43.6. The molecule has 0 saturated heterocycles. The lowest BCUT2D eigenvalue weighted by atomic mass is 9.75. The van der Waals surface area contributed by atoms with E-state index in [9.17, 15) is 9.59 Å². The van der Waals surface area contributed by atoms with Gasteiger partial charge in [0.15, 0.2) is 0 Å². The van der Waals surface area contributed by atoms with Crippen LogP contribution in [0.4, 0.5) is 0 Å². The van der Waals surface area contributed by atoms with E-state index in [1.54, 1.807) is 0 Å². The number of benzene rings is 6. The molecule has 2 aliphatic rings. The van der Waals surface area contributed by atoms with E-state index < -0.39 is 0 Å². The Bertz CT molecular complexity index is 2500. The number of carbonyl (C=O) groups is 2. The number of hydrogen-bond donors (Lipinski definition) is 0. The van der Waals surface area contributed by atoms with Gasteiger partial charge in [-0.2, -0.15) is 0 Å². The second-order valence-corrected chi connectivity index (χ2v) is 18.0. The molecule has 0 aromatic heterocycles. The Balaban J connectivity index is 0.900. The average molecular weight is 834 g/mol. The van der Waals surface area contributed by atoms with Crippen molar-refractivity contribution in [1.82, 2.24) is 4.90 Å². The predicted molar refractivity (Wildman–Crippen MR) is 262 cm³/mol. The van der Waals surface area contributed by atoms with E-state index in [1.165, 1.54) is 128 Å². The van der Waals surface area contributed by atoms with Crippen LogP contribution < -0.4 is 4.74 Å². The molecule has 0 spiro atoms. The topological polar surface area (TPSA) is 46.6 Å². The number of imide groups is 1. The van der Waals surface area contributed by atoms with Gasteiger partial charge in [-0.3, -0.25) is 14.5 Å². The first kappa shape index (κ1) is 43.6. The minimum absolute atomic E-state index is 0.0642. The van der Waals surface area contributed by atoms with Crippen molar-refractivity contribution < 1.29 is 14.3 Å². The van der Waals surface area contributed by atoms with Crippen LogP contribution in [0.5, 0.6) is 5.75 Å². The molecule has 0 saturated carbocycles. The van der Waals surface area contributed by atoms with Crippen LogP contribution in [0.2, 0.25) is 0 Å². The largest absolute Gasteiger partial charge is 0.494 e. The van der Waals surface area contributed by atoms with Crippen molar-refractivity contribution in [2.24, 2.45) is 0 Å². The Morgan fingerprint density at radius 2 is 0.857 bits per heavy atom. The van der Waals surface area contributed by atoms with Crippen LogP contribution in [-0.2, 0) is 15.0 Å². The van der Waals surface area contributed by atoms with Gasteiger partial charge in [0.05, 0.1) is 6.61 Å². The maximum atomic E-state index is 11.7. The van der Waals surface area contributed by atoms with Crippen molar-refractivity contribution in [2.75, 3.05) is 13.2 Å². The molecule has 0 bridgehead atoms. The van der Waals surface area contributed by atoms with E-state index in [0.717, 1.165) is 50.7 Å². The molecule has 6 aromatic carbocycles. The van der Waals surface area contributed by atoms with E-state index in [4.69, 9.17) is 4.74 Å². The van der Waals surface area contributed by atoms with Crippen LogP contribution in [0.3, 0.4) is 0 Å². The lowest BCUT2D eigenvalue weighted by Gasteiger charge is -2.28. The number of carbonyl (C=O) groups excluding carboxylic acids is 2. The predicted octanol–water partition coefficient (Wildman–Crippen LogP) is 15.3. The monoisotopic (exact) mass is 833 g/mol. The summed E-state index contributed by atoms with van der Waals surface area (Å²) in [6.45, 7) is 8.15. The van der Waals surface area contributed by atoms with Crippen molar-refractivity contribution in [3.8, 4) is 61.4 Å². The van der Waals surface area contributed by atoms with E-state index >= 15 is 0 Å². The van der Waals surface area contributed by atoms with Crippen molar-refractivity contribution in [3.63, 3.8) is 0 Å². The van der Waals surface area contributed by atoms with Crippen molar-refractivity contribution in [3.05, 3.63) is 162 Å². The number of fused-ring (bicyclic) bond motifs is 3. The van der Waals surface area contributed by atoms with Crippen molar-refractivity contribution in [2.45, 2.75) is 110 Å². The molecule has 4 heteroatoms. The lowest BCUT2D eigenvalue weighted by molar-refractivity contribution is -0.136. The van der Waals surface area contributed by atoms with Gasteiger partial charge in [-0.05, 0) is 117 Å². The van der Waals surface area contributed by atoms with Gasteiger partial charge in [-0.25, -0.2) is 0 Å². The minimum atomic E-state index is -0.186. The molecule has 63 heavy (non-hydrogen) atoms. The van der Waals surface area contributed by atoms with Crippen LogP contribution in [0.1, 0.15) is 114 Å². The number of unbranched alkanes of at least 4 members (excludes halogenated alkanes) is 10. The normalized spacial score (nSPS) is 15.3. The van der Waals surface area contributed by atoms with Crippen LogP contribution in [-0.4, -0.2) is 29.9 Å². The van der Waals surface area contributed by atoms with Gasteiger partial charge in [0.25, 0.3) is 11.8 Å². The Labute approximate surface area is 376 Å². The summed E-state index contributed by atoms with van der Waals surface area (Å²) in [5.74, 6) is 0.526. The average Bonchev–Trinajstić information content (AvgIpc) is 3.77. The smallest absolute Gasteiger partial charge is 0.253 e. The zero-order valence-corrected chi connectivity index (χ0v) is 37.6. The molecular formula is C59H63NO3. The standard InChI is InChI=1S/C59H63NO3/c1-4-5-6-7-10-13-38-59(3)55-41-50(48-24-20-45(21-25-48)44-18-16-43(2)17-19-44)30-34-53(55)54-35-31-51(42-56(54)59)49-26-22-46(23-27-49)47-28-32-52(33-29-47)63-40-15-12-9-8-11-14-39-60-57(61)36-37-58(60)62/h16-37,41-42H,4-15,38-40H2,1-3H3. The molecule has 0 fully saturated rings. The van der Waals surface area contributed by atoms with Crippen molar-refractivity contribution >= 4 is 11.8 Å². The minimum Gasteiger partial charge on any atom is -0.494 e. The first-order valence-electron chi connectivity index (χ1n) is 23.6. The summed E-state index contributed by atoms with van der Waals surface area (Å²) < 4.78 is 6.08. The van der Waals surface area contributed by atoms with Gasteiger partial charge < -0.3 is 4.74 Å². The molecule has 6 aromatic rings. The highest BCUT2D eigenvalue weighted by atomic mass is 16.5. The van der Waals surface area contributed by atoms with Crippen LogP contribution in [0, 0.1) is 6.92 Å². The number of amides is 2. The van der Waals surface area contributed by atoms with E-state index in [0.29, 0.717) is 13.2 Å². The first-order chi connectivity index (χ1) is 30.8. The Morgan fingerprint density at radius 1 is 0.460 bits per heavy atom. The van der Waals surface area contributed by atoms with Gasteiger partial charge in [-0.15, -0.1) is 0 Å². The molecule has 0 N–H and O–H groups in total. The fraction of sp³-hybridized carbons (Fsp3) is 0.322. The highest BCUT2D eigenvalue weighted by molar-refractivity contribution is 6.12. The number of rotatable bonds is 21. The molecule has 1 unspecified atom stereocenters. The van der Waals surface area contributed by atoms with Gasteiger partial charge in [-0.1, -0.05) is 193 Å². The van der Waals surface area contributed by atoms with Crippen LogP contribution >= 0.6 is 0 Å². The van der Waals surface area contributed by atoms with Crippen LogP contribution in [0.15, 0.2) is 146 Å². The first-order valence-corrected chi connectivity index (χ1v) is 23.6.